The number of aromatic carboxylic acids is 1. The smallest absolute Gasteiger partial charge is 0.340 e. The van der Waals surface area contributed by atoms with Crippen LogP contribution in [0.15, 0.2) is 42.5 Å². The molecule has 6 nitrogen and oxygen atoms in total. The molecule has 0 radical (unpaired) electrons. The Morgan fingerprint density at radius 2 is 1.32 bits per heavy atom. The molecule has 0 fully saturated rings. The van der Waals surface area contributed by atoms with Crippen LogP contribution in [0, 0.1) is 27.7 Å². The van der Waals surface area contributed by atoms with Crippen molar-refractivity contribution in [2.75, 3.05) is 0 Å². The Hall–Kier alpha value is -3.80. The largest absolute Gasteiger partial charge is 0.508 e. The van der Waals surface area contributed by atoms with Crippen LogP contribution < -0.4 is 0 Å². The molecule has 6 heteroatoms. The summed E-state index contributed by atoms with van der Waals surface area (Å²) >= 11 is 0. The van der Waals surface area contributed by atoms with Gasteiger partial charge in [0.1, 0.15) is 11.5 Å². The molecule has 0 aliphatic carbocycles. The zero-order chi connectivity index (χ0) is 22.7. The van der Waals surface area contributed by atoms with Crippen molar-refractivity contribution >= 4 is 11.9 Å². The minimum Gasteiger partial charge on any atom is -0.508 e. The molecule has 1 heterocycles. The van der Waals surface area contributed by atoms with Crippen LogP contribution in [0.25, 0.3) is 0 Å². The van der Waals surface area contributed by atoms with Crippen LogP contribution in [0.5, 0.6) is 11.5 Å². The van der Waals surface area contributed by atoms with Crippen LogP contribution >= 0.6 is 0 Å². The highest BCUT2D eigenvalue weighted by Crippen LogP contribution is 2.51. The van der Waals surface area contributed by atoms with Crippen molar-refractivity contribution in [3.8, 4) is 11.5 Å². The van der Waals surface area contributed by atoms with Crippen LogP contribution in [0.1, 0.15) is 59.7 Å². The van der Waals surface area contributed by atoms with E-state index in [1.165, 1.54) is 18.2 Å². The number of carboxylic acid groups (broad SMARTS) is 1. The molecule has 0 unspecified atom stereocenters. The molecule has 158 valence electrons. The second-order valence-corrected chi connectivity index (χ2v) is 8.05. The molecule has 0 saturated carbocycles. The number of esters is 1. The second-order valence-electron chi connectivity index (χ2n) is 8.05. The van der Waals surface area contributed by atoms with Gasteiger partial charge in [-0.3, -0.25) is 0 Å². The molecule has 0 aromatic heterocycles. The summed E-state index contributed by atoms with van der Waals surface area (Å²) in [7, 11) is 0. The van der Waals surface area contributed by atoms with Crippen molar-refractivity contribution in [1.29, 1.82) is 0 Å². The first-order chi connectivity index (χ1) is 14.6. The topological polar surface area (TPSA) is 104 Å². The number of carbonyl (C=O) groups excluding carboxylic acids is 1. The number of hydrogen-bond acceptors (Lipinski definition) is 5. The van der Waals surface area contributed by atoms with E-state index in [2.05, 4.69) is 0 Å². The molecule has 3 N–H and O–H groups in total. The minimum absolute atomic E-state index is 0.00508. The van der Waals surface area contributed by atoms with Gasteiger partial charge in [0.25, 0.3) is 0 Å². The van der Waals surface area contributed by atoms with E-state index in [1.807, 2.05) is 26.0 Å². The summed E-state index contributed by atoms with van der Waals surface area (Å²) in [5.41, 5.74) is 2.56. The van der Waals surface area contributed by atoms with Gasteiger partial charge in [0.05, 0.1) is 11.1 Å². The summed E-state index contributed by atoms with van der Waals surface area (Å²) in [6.07, 6.45) is 0. The lowest BCUT2D eigenvalue weighted by molar-refractivity contribution is 0.0246. The Morgan fingerprint density at radius 1 is 0.806 bits per heavy atom. The van der Waals surface area contributed by atoms with E-state index in [0.717, 1.165) is 11.1 Å². The number of ether oxygens (including phenoxy) is 1. The number of phenols is 2. The number of aryl methyl sites for hydroxylation is 2. The molecular weight excluding hydrogens is 396 g/mol. The van der Waals surface area contributed by atoms with Gasteiger partial charge in [-0.1, -0.05) is 12.1 Å². The molecule has 0 bridgehead atoms. The fourth-order valence-corrected chi connectivity index (χ4v) is 4.35. The number of cyclic esters (lactones) is 1. The van der Waals surface area contributed by atoms with Crippen LogP contribution in [0.3, 0.4) is 0 Å². The fraction of sp³-hybridized carbons (Fsp3) is 0.200. The number of hydrogen-bond donors (Lipinski definition) is 3. The fourth-order valence-electron chi connectivity index (χ4n) is 4.35. The molecular formula is C25H22O6. The maximum Gasteiger partial charge on any atom is 0.340 e. The van der Waals surface area contributed by atoms with E-state index in [0.29, 0.717) is 27.8 Å². The maximum atomic E-state index is 13.0. The summed E-state index contributed by atoms with van der Waals surface area (Å²) in [5, 5.41) is 30.7. The van der Waals surface area contributed by atoms with Crippen molar-refractivity contribution in [2.45, 2.75) is 33.3 Å². The third-order valence-corrected chi connectivity index (χ3v) is 5.92. The van der Waals surface area contributed by atoms with Crippen LogP contribution in [-0.4, -0.2) is 27.3 Å². The summed E-state index contributed by atoms with van der Waals surface area (Å²) in [5.74, 6) is -1.68. The van der Waals surface area contributed by atoms with Gasteiger partial charge in [0.15, 0.2) is 5.60 Å². The Bertz CT molecular complexity index is 1210. The first-order valence-electron chi connectivity index (χ1n) is 9.78. The van der Waals surface area contributed by atoms with Gasteiger partial charge in [-0.25, -0.2) is 9.59 Å². The highest BCUT2D eigenvalue weighted by molar-refractivity contribution is 5.99. The lowest BCUT2D eigenvalue weighted by atomic mass is 9.75. The highest BCUT2D eigenvalue weighted by atomic mass is 16.6. The lowest BCUT2D eigenvalue weighted by Gasteiger charge is -2.34. The number of benzene rings is 3. The number of phenolic OH excluding ortho intramolecular Hbond substituents is 2. The van der Waals surface area contributed by atoms with Crippen LogP contribution in [0.2, 0.25) is 0 Å². The Morgan fingerprint density at radius 3 is 1.81 bits per heavy atom. The third kappa shape index (κ3) is 2.94. The number of aromatic hydroxyl groups is 2. The van der Waals surface area contributed by atoms with Gasteiger partial charge < -0.3 is 20.1 Å². The van der Waals surface area contributed by atoms with Gasteiger partial charge >= 0.3 is 11.9 Å². The van der Waals surface area contributed by atoms with Gasteiger partial charge in [0.2, 0.25) is 0 Å². The average molecular weight is 418 g/mol. The number of fused-ring (bicyclic) bond motifs is 1. The lowest BCUT2D eigenvalue weighted by Crippen LogP contribution is -2.32. The standard InChI is InChI=1S/C25H22O6/c1-12-7-18(14(3)21(26)9-12)25(19-8-13(2)10-22(27)15(19)4)20-11-16(23(28)29)5-6-17(20)24(30)31-25/h5-11,26-27H,1-4H3,(H,28,29). The molecule has 0 amide bonds. The van der Waals surface area contributed by atoms with E-state index in [4.69, 9.17) is 4.74 Å². The van der Waals surface area contributed by atoms with E-state index < -0.39 is 17.5 Å². The van der Waals surface area contributed by atoms with Crippen molar-refractivity contribution in [1.82, 2.24) is 0 Å². The number of carbonyl (C=O) groups is 2. The summed E-state index contributed by atoms with van der Waals surface area (Å²) < 4.78 is 6.05. The van der Waals surface area contributed by atoms with E-state index >= 15 is 0 Å². The molecule has 31 heavy (non-hydrogen) atoms. The van der Waals surface area contributed by atoms with Gasteiger partial charge in [0, 0.05) is 16.7 Å². The quantitative estimate of drug-likeness (QED) is 0.542. The first kappa shape index (κ1) is 20.5. The van der Waals surface area contributed by atoms with E-state index in [1.54, 1.807) is 26.0 Å². The zero-order valence-corrected chi connectivity index (χ0v) is 17.6. The molecule has 0 spiro atoms. The van der Waals surface area contributed by atoms with E-state index in [-0.39, 0.29) is 22.6 Å². The molecule has 0 atom stereocenters. The van der Waals surface area contributed by atoms with Crippen molar-refractivity contribution in [3.05, 3.63) is 92.5 Å². The summed E-state index contributed by atoms with van der Waals surface area (Å²) in [6, 6.07) is 11.1. The Balaban J connectivity index is 2.21. The first-order valence-corrected chi connectivity index (χ1v) is 9.78. The molecule has 1 aliphatic rings. The average Bonchev–Trinajstić information content (AvgIpc) is 3.00. The van der Waals surface area contributed by atoms with Crippen LogP contribution in [0.4, 0.5) is 0 Å². The van der Waals surface area contributed by atoms with Gasteiger partial charge in [-0.05, 0) is 80.3 Å². The summed E-state index contributed by atoms with van der Waals surface area (Å²) in [6.45, 7) is 7.04. The second kappa shape index (κ2) is 6.87. The van der Waals surface area contributed by atoms with Gasteiger partial charge in [-0.15, -0.1) is 0 Å². The Kier molecular flexibility index (Phi) is 4.54. The molecule has 4 rings (SSSR count). The summed E-state index contributed by atoms with van der Waals surface area (Å²) in [4.78, 5) is 24.7. The van der Waals surface area contributed by atoms with Crippen LogP contribution in [-0.2, 0) is 10.3 Å². The monoisotopic (exact) mass is 418 g/mol. The molecule has 3 aromatic carbocycles. The predicted molar refractivity (Wildman–Crippen MR) is 114 cm³/mol. The van der Waals surface area contributed by atoms with Gasteiger partial charge in [-0.2, -0.15) is 0 Å². The Labute approximate surface area is 179 Å². The zero-order valence-electron chi connectivity index (χ0n) is 17.6. The predicted octanol–water partition coefficient (Wildman–Crippen LogP) is 4.49. The third-order valence-electron chi connectivity index (χ3n) is 5.92. The van der Waals surface area contributed by atoms with E-state index in [9.17, 15) is 24.9 Å². The highest BCUT2D eigenvalue weighted by Gasteiger charge is 2.51. The SMILES string of the molecule is Cc1cc(O)c(C)c(C2(c3cc(C)cc(O)c3C)OC(=O)c3ccc(C(=O)O)cc32)c1. The van der Waals surface area contributed by atoms with Crippen molar-refractivity contribution < 1.29 is 29.6 Å². The molecule has 3 aromatic rings. The number of rotatable bonds is 3. The normalized spacial score (nSPS) is 14.3. The number of carboxylic acids is 1. The maximum absolute atomic E-state index is 13.0. The molecule has 0 saturated heterocycles. The van der Waals surface area contributed by atoms with Crippen molar-refractivity contribution in [3.63, 3.8) is 0 Å². The molecule has 1 aliphatic heterocycles. The minimum atomic E-state index is -1.53. The van der Waals surface area contributed by atoms with Crippen molar-refractivity contribution in [2.24, 2.45) is 0 Å².